The average molecular weight is 316 g/mol. The van der Waals surface area contributed by atoms with Gasteiger partial charge in [-0.2, -0.15) is 0 Å². The van der Waals surface area contributed by atoms with Gasteiger partial charge in [0.15, 0.2) is 5.96 Å². The number of aliphatic imine (C=N–C) groups is 1. The minimum Gasteiger partial charge on any atom is -0.352 e. The Hall–Kier alpha value is -1.88. The molecule has 0 aliphatic heterocycles. The van der Waals surface area contributed by atoms with E-state index in [9.17, 15) is 0 Å². The molecule has 0 aliphatic carbocycles. The summed E-state index contributed by atoms with van der Waals surface area (Å²) in [5.41, 5.74) is 4.98. The van der Waals surface area contributed by atoms with Crippen molar-refractivity contribution in [1.82, 2.24) is 15.2 Å². The maximum atomic E-state index is 4.50. The van der Waals surface area contributed by atoms with Crippen molar-refractivity contribution >= 4 is 17.3 Å². The Morgan fingerprint density at radius 2 is 2.09 bits per heavy atom. The monoisotopic (exact) mass is 316 g/mol. The van der Waals surface area contributed by atoms with Crippen LogP contribution in [0.4, 0.5) is 0 Å². The lowest BCUT2D eigenvalue weighted by atomic mass is 10.1. The van der Waals surface area contributed by atoms with Gasteiger partial charge in [0.2, 0.25) is 0 Å². The van der Waals surface area contributed by atoms with E-state index in [1.165, 1.54) is 16.7 Å². The Morgan fingerprint density at radius 3 is 2.68 bits per heavy atom. The molecular formula is C17H24N4S. The van der Waals surface area contributed by atoms with Crippen LogP contribution in [0.15, 0.2) is 28.6 Å². The zero-order valence-electron chi connectivity index (χ0n) is 14.0. The van der Waals surface area contributed by atoms with E-state index in [0.717, 1.165) is 29.8 Å². The van der Waals surface area contributed by atoms with Crippen LogP contribution in [0.3, 0.4) is 0 Å². The van der Waals surface area contributed by atoms with Gasteiger partial charge in [-0.3, -0.25) is 4.99 Å². The van der Waals surface area contributed by atoms with Gasteiger partial charge in [-0.1, -0.05) is 23.8 Å². The fourth-order valence-electron chi connectivity index (χ4n) is 2.40. The second kappa shape index (κ2) is 7.40. The fraction of sp³-hybridized carbons (Fsp3) is 0.412. The lowest BCUT2D eigenvalue weighted by Crippen LogP contribution is -2.38. The molecule has 0 aliphatic rings. The first-order valence-corrected chi connectivity index (χ1v) is 8.26. The van der Waals surface area contributed by atoms with E-state index in [1.54, 1.807) is 11.3 Å². The molecule has 4 nitrogen and oxygen atoms in total. The van der Waals surface area contributed by atoms with Crippen LogP contribution in [-0.4, -0.2) is 29.9 Å². The zero-order valence-corrected chi connectivity index (χ0v) is 14.8. The van der Waals surface area contributed by atoms with Crippen LogP contribution >= 0.6 is 11.3 Å². The molecule has 0 radical (unpaired) electrons. The van der Waals surface area contributed by atoms with Crippen molar-refractivity contribution in [3.05, 3.63) is 51.0 Å². The highest BCUT2D eigenvalue weighted by Crippen LogP contribution is 2.11. The largest absolute Gasteiger partial charge is 0.352 e. The van der Waals surface area contributed by atoms with Crippen molar-refractivity contribution in [2.45, 2.75) is 33.9 Å². The van der Waals surface area contributed by atoms with Crippen LogP contribution in [0.5, 0.6) is 0 Å². The number of rotatable bonds is 4. The van der Waals surface area contributed by atoms with E-state index < -0.39 is 0 Å². The minimum absolute atomic E-state index is 0.761. The fourth-order valence-corrected chi connectivity index (χ4v) is 3.01. The molecule has 0 unspecified atom stereocenters. The summed E-state index contributed by atoms with van der Waals surface area (Å²) in [4.78, 5) is 11.0. The second-order valence-corrected chi connectivity index (χ2v) is 6.61. The van der Waals surface area contributed by atoms with E-state index in [-0.39, 0.29) is 0 Å². The highest BCUT2D eigenvalue weighted by Gasteiger charge is 2.09. The molecule has 0 spiro atoms. The van der Waals surface area contributed by atoms with Crippen molar-refractivity contribution in [2.24, 2.45) is 4.99 Å². The molecule has 0 saturated carbocycles. The van der Waals surface area contributed by atoms with Crippen molar-refractivity contribution in [3.8, 4) is 0 Å². The highest BCUT2D eigenvalue weighted by molar-refractivity contribution is 7.09. The Morgan fingerprint density at radius 1 is 1.32 bits per heavy atom. The molecule has 1 heterocycles. The first-order valence-electron chi connectivity index (χ1n) is 7.38. The summed E-state index contributed by atoms with van der Waals surface area (Å²) >= 11 is 1.68. The molecule has 1 N–H and O–H groups in total. The van der Waals surface area contributed by atoms with E-state index >= 15 is 0 Å². The van der Waals surface area contributed by atoms with Crippen molar-refractivity contribution < 1.29 is 0 Å². The summed E-state index contributed by atoms with van der Waals surface area (Å²) in [5.74, 6) is 0.880. The number of thiazole rings is 1. The topological polar surface area (TPSA) is 40.5 Å². The van der Waals surface area contributed by atoms with Crippen LogP contribution in [0.25, 0.3) is 0 Å². The van der Waals surface area contributed by atoms with Crippen LogP contribution in [0.1, 0.15) is 27.4 Å². The third-order valence-corrected chi connectivity index (χ3v) is 4.40. The molecule has 1 aromatic heterocycles. The molecule has 22 heavy (non-hydrogen) atoms. The number of aryl methyl sites for hydroxylation is 3. The van der Waals surface area contributed by atoms with Gasteiger partial charge in [-0.25, -0.2) is 4.98 Å². The van der Waals surface area contributed by atoms with Crippen molar-refractivity contribution in [3.63, 3.8) is 0 Å². The normalized spacial score (nSPS) is 11.6. The molecule has 0 bridgehead atoms. The molecule has 5 heteroatoms. The lowest BCUT2D eigenvalue weighted by Gasteiger charge is -2.21. The Kier molecular flexibility index (Phi) is 5.55. The smallest absolute Gasteiger partial charge is 0.194 e. The second-order valence-electron chi connectivity index (χ2n) is 5.54. The molecule has 0 atom stereocenters. The maximum Gasteiger partial charge on any atom is 0.194 e. The summed E-state index contributed by atoms with van der Waals surface area (Å²) in [6.07, 6.45) is 0. The van der Waals surface area contributed by atoms with E-state index in [2.05, 4.69) is 57.6 Å². The van der Waals surface area contributed by atoms with Gasteiger partial charge >= 0.3 is 0 Å². The summed E-state index contributed by atoms with van der Waals surface area (Å²) in [6, 6.07) is 6.53. The number of hydrogen-bond donors (Lipinski definition) is 1. The van der Waals surface area contributed by atoms with Crippen LogP contribution in [0.2, 0.25) is 0 Å². The van der Waals surface area contributed by atoms with Crippen molar-refractivity contribution in [1.29, 1.82) is 0 Å². The first-order chi connectivity index (χ1) is 10.5. The molecular weight excluding hydrogens is 292 g/mol. The SMILES string of the molecule is CN=C(NCc1ccc(C)cc1C)N(C)Cc1csc(C)n1. The Bertz CT molecular complexity index is 660. The Balaban J connectivity index is 1.97. The third-order valence-electron chi connectivity index (χ3n) is 3.57. The number of aromatic nitrogens is 1. The number of nitrogens with zero attached hydrogens (tertiary/aromatic N) is 3. The predicted molar refractivity (Wildman–Crippen MR) is 94.4 cm³/mol. The number of guanidine groups is 1. The lowest BCUT2D eigenvalue weighted by molar-refractivity contribution is 0.470. The molecule has 1 aromatic carbocycles. The van der Waals surface area contributed by atoms with Gasteiger partial charge in [0.25, 0.3) is 0 Å². The third kappa shape index (κ3) is 4.31. The Labute approximate surface area is 136 Å². The first kappa shape index (κ1) is 16.5. The van der Waals surface area contributed by atoms with E-state index in [4.69, 9.17) is 0 Å². The minimum atomic E-state index is 0.761. The zero-order chi connectivity index (χ0) is 16.1. The van der Waals surface area contributed by atoms with Gasteiger partial charge < -0.3 is 10.2 Å². The number of benzene rings is 1. The van der Waals surface area contributed by atoms with Crippen molar-refractivity contribution in [2.75, 3.05) is 14.1 Å². The molecule has 2 aromatic rings. The maximum absolute atomic E-state index is 4.50. The standard InChI is InChI=1S/C17H24N4S/c1-12-6-7-15(13(2)8-12)9-19-17(18-4)21(5)10-16-11-22-14(3)20-16/h6-8,11H,9-10H2,1-5H3,(H,18,19). The summed E-state index contributed by atoms with van der Waals surface area (Å²) in [5, 5.41) is 6.62. The average Bonchev–Trinajstić information content (AvgIpc) is 2.86. The van der Waals surface area contributed by atoms with Gasteiger partial charge in [0, 0.05) is 26.0 Å². The van der Waals surface area contributed by atoms with Crippen LogP contribution in [-0.2, 0) is 13.1 Å². The van der Waals surface area contributed by atoms with Gasteiger partial charge in [-0.05, 0) is 31.9 Å². The number of nitrogens with one attached hydrogen (secondary N) is 1. The summed E-state index contributed by atoms with van der Waals surface area (Å²) in [6.45, 7) is 7.83. The van der Waals surface area contributed by atoms with E-state index in [1.807, 2.05) is 21.0 Å². The quantitative estimate of drug-likeness (QED) is 0.695. The molecule has 0 amide bonds. The molecule has 118 valence electrons. The predicted octanol–water partition coefficient (Wildman–Crippen LogP) is 3.28. The van der Waals surface area contributed by atoms with E-state index in [0.29, 0.717) is 0 Å². The summed E-state index contributed by atoms with van der Waals surface area (Å²) in [7, 11) is 3.85. The van der Waals surface area contributed by atoms with Gasteiger partial charge in [-0.15, -0.1) is 11.3 Å². The highest BCUT2D eigenvalue weighted by atomic mass is 32.1. The molecule has 2 rings (SSSR count). The molecule has 0 saturated heterocycles. The summed E-state index contributed by atoms with van der Waals surface area (Å²) < 4.78 is 0. The molecule has 0 fully saturated rings. The number of hydrogen-bond acceptors (Lipinski definition) is 3. The van der Waals surface area contributed by atoms with Crippen LogP contribution < -0.4 is 5.32 Å². The van der Waals surface area contributed by atoms with Gasteiger partial charge in [0.05, 0.1) is 17.2 Å². The van der Waals surface area contributed by atoms with Crippen LogP contribution in [0, 0.1) is 20.8 Å². The van der Waals surface area contributed by atoms with Gasteiger partial charge in [0.1, 0.15) is 0 Å².